The van der Waals surface area contributed by atoms with Gasteiger partial charge < -0.3 is 20.5 Å². The van der Waals surface area contributed by atoms with E-state index in [1.165, 1.54) is 6.20 Å². The second-order valence-electron chi connectivity index (χ2n) is 6.88. The van der Waals surface area contributed by atoms with Gasteiger partial charge >= 0.3 is 0 Å². The van der Waals surface area contributed by atoms with E-state index in [0.29, 0.717) is 63.3 Å². The average molecular weight is 504 g/mol. The molecule has 0 fully saturated rings. The number of nitrogens with one attached hydrogen (secondary N) is 1. The molecule has 0 bridgehead atoms. The van der Waals surface area contributed by atoms with Crippen LogP contribution in [-0.2, 0) is 6.61 Å². The van der Waals surface area contributed by atoms with Crippen molar-refractivity contribution in [3.05, 3.63) is 90.4 Å². The molecule has 0 aliphatic carbocycles. The molecule has 4 rings (SSSR count). The number of anilines is 3. The van der Waals surface area contributed by atoms with E-state index in [0.717, 1.165) is 5.69 Å². The summed E-state index contributed by atoms with van der Waals surface area (Å²) in [6.07, 6.45) is 3.23. The molecule has 0 aliphatic heterocycles. The molecule has 3 N–H and O–H groups in total. The van der Waals surface area contributed by atoms with Crippen LogP contribution in [0.5, 0.6) is 11.5 Å². The van der Waals surface area contributed by atoms with Gasteiger partial charge in [0.25, 0.3) is 0 Å². The molecule has 7 nitrogen and oxygen atoms in total. The van der Waals surface area contributed by atoms with Crippen LogP contribution >= 0.6 is 11.6 Å². The van der Waals surface area contributed by atoms with Crippen LogP contribution in [-0.4, -0.2) is 16.6 Å². The smallest absolute Gasteiger partial charge is 0.144 e. The van der Waals surface area contributed by atoms with Gasteiger partial charge in [0, 0.05) is 29.5 Å². The summed E-state index contributed by atoms with van der Waals surface area (Å²) >= 11 is 6.44. The zero-order chi connectivity index (χ0) is 26.5. The SMILES string of the molecule is C=C.CC.CCOc1cc2ncc(C#N)c(Nc3ccc(OCc4ccccn4)c(Cl)c3)c2cc1N. The van der Waals surface area contributed by atoms with E-state index in [4.69, 9.17) is 26.8 Å². The van der Waals surface area contributed by atoms with Crippen molar-refractivity contribution in [3.63, 3.8) is 0 Å². The van der Waals surface area contributed by atoms with Crippen LogP contribution in [0.15, 0.2) is 74.1 Å². The normalized spacial score (nSPS) is 9.64. The third kappa shape index (κ3) is 6.87. The van der Waals surface area contributed by atoms with Crippen LogP contribution in [0.4, 0.5) is 17.1 Å². The van der Waals surface area contributed by atoms with Gasteiger partial charge in [-0.15, -0.1) is 13.2 Å². The molecule has 2 heterocycles. The van der Waals surface area contributed by atoms with Gasteiger partial charge in [0.05, 0.1) is 39.8 Å². The number of nitriles is 1. The van der Waals surface area contributed by atoms with Crippen LogP contribution < -0.4 is 20.5 Å². The molecule has 0 saturated heterocycles. The quantitative estimate of drug-likeness (QED) is 0.201. The molecule has 0 atom stereocenters. The number of rotatable bonds is 7. The monoisotopic (exact) mass is 503 g/mol. The first-order chi connectivity index (χ1) is 17.6. The number of hydrogen-bond acceptors (Lipinski definition) is 7. The van der Waals surface area contributed by atoms with Gasteiger partial charge in [0.2, 0.25) is 0 Å². The molecule has 186 valence electrons. The van der Waals surface area contributed by atoms with E-state index in [1.807, 2.05) is 45.0 Å². The Labute approximate surface area is 217 Å². The van der Waals surface area contributed by atoms with Crippen molar-refractivity contribution in [2.45, 2.75) is 27.4 Å². The summed E-state index contributed by atoms with van der Waals surface area (Å²) in [6, 6.07) is 16.6. The highest BCUT2D eigenvalue weighted by Crippen LogP contribution is 2.36. The average Bonchev–Trinajstić information content (AvgIpc) is 2.92. The number of benzene rings is 2. The standard InChI is InChI=1S/C24H20ClN5O2.C2H6.C2H4/c1-2-31-23-11-21-18(10-20(23)27)24(15(12-26)13-29-21)30-16-6-7-22(19(25)9-16)32-14-17-5-3-4-8-28-17;2*1-2/h3-11,13H,2,14,27H2,1H3,(H,29,30);1-2H3;1-2H2. The molecule has 0 unspecified atom stereocenters. The molecular formula is C28H30ClN5O2. The van der Waals surface area contributed by atoms with E-state index in [-0.39, 0.29) is 0 Å². The minimum Gasteiger partial charge on any atom is -0.492 e. The van der Waals surface area contributed by atoms with Crippen molar-refractivity contribution in [1.82, 2.24) is 9.97 Å². The van der Waals surface area contributed by atoms with Gasteiger partial charge in [-0.3, -0.25) is 9.97 Å². The van der Waals surface area contributed by atoms with Crippen molar-refractivity contribution in [2.24, 2.45) is 0 Å². The zero-order valence-corrected chi connectivity index (χ0v) is 21.5. The summed E-state index contributed by atoms with van der Waals surface area (Å²) in [5, 5.41) is 14.0. The fourth-order valence-electron chi connectivity index (χ4n) is 3.21. The molecular weight excluding hydrogens is 474 g/mol. The maximum Gasteiger partial charge on any atom is 0.144 e. The lowest BCUT2D eigenvalue weighted by Crippen LogP contribution is -2.01. The summed E-state index contributed by atoms with van der Waals surface area (Å²) in [5.41, 5.74) is 9.74. The Balaban J connectivity index is 0.00000109. The van der Waals surface area contributed by atoms with Gasteiger partial charge in [-0.25, -0.2) is 0 Å². The molecule has 8 heteroatoms. The highest BCUT2D eigenvalue weighted by molar-refractivity contribution is 6.32. The first kappa shape index (κ1) is 28.0. The number of halogens is 1. The first-order valence-electron chi connectivity index (χ1n) is 11.4. The number of nitrogens with two attached hydrogens (primary N) is 1. The summed E-state index contributed by atoms with van der Waals surface area (Å²) in [7, 11) is 0. The van der Waals surface area contributed by atoms with E-state index in [1.54, 1.807) is 30.5 Å². The Bertz CT molecular complexity index is 1320. The highest BCUT2D eigenvalue weighted by atomic mass is 35.5. The van der Waals surface area contributed by atoms with Crippen molar-refractivity contribution in [3.8, 4) is 17.6 Å². The fraction of sp³-hybridized carbons (Fsp3) is 0.179. The maximum atomic E-state index is 9.60. The number of nitrogen functional groups attached to an aromatic ring is 1. The lowest BCUT2D eigenvalue weighted by atomic mass is 10.1. The summed E-state index contributed by atoms with van der Waals surface area (Å²) < 4.78 is 11.3. The zero-order valence-electron chi connectivity index (χ0n) is 20.7. The van der Waals surface area contributed by atoms with Gasteiger partial charge in [0.15, 0.2) is 0 Å². The van der Waals surface area contributed by atoms with Crippen LogP contribution in [0, 0.1) is 11.3 Å². The van der Waals surface area contributed by atoms with Crippen molar-refractivity contribution < 1.29 is 9.47 Å². The number of aromatic nitrogens is 2. The Morgan fingerprint density at radius 1 is 1.06 bits per heavy atom. The predicted molar refractivity (Wildman–Crippen MR) is 148 cm³/mol. The third-order valence-electron chi connectivity index (χ3n) is 4.72. The molecule has 0 spiro atoms. The number of nitrogens with zero attached hydrogens (tertiary/aromatic N) is 3. The second kappa shape index (κ2) is 14.2. The molecule has 0 amide bonds. The van der Waals surface area contributed by atoms with Crippen molar-refractivity contribution in [1.29, 1.82) is 5.26 Å². The molecule has 4 aromatic rings. The third-order valence-corrected chi connectivity index (χ3v) is 5.02. The maximum absolute atomic E-state index is 9.60. The summed E-state index contributed by atoms with van der Waals surface area (Å²) in [4.78, 5) is 8.61. The van der Waals surface area contributed by atoms with Crippen LogP contribution in [0.2, 0.25) is 5.02 Å². The molecule has 2 aromatic carbocycles. The largest absolute Gasteiger partial charge is 0.492 e. The predicted octanol–water partition coefficient (Wildman–Crippen LogP) is 7.29. The van der Waals surface area contributed by atoms with Crippen LogP contribution in [0.3, 0.4) is 0 Å². The van der Waals surface area contributed by atoms with E-state index < -0.39 is 0 Å². The van der Waals surface area contributed by atoms with Gasteiger partial charge in [-0.05, 0) is 43.3 Å². The number of fused-ring (bicyclic) bond motifs is 1. The van der Waals surface area contributed by atoms with E-state index >= 15 is 0 Å². The number of hydrogen-bond donors (Lipinski definition) is 2. The lowest BCUT2D eigenvalue weighted by molar-refractivity contribution is 0.301. The van der Waals surface area contributed by atoms with Gasteiger partial charge in [-0.1, -0.05) is 31.5 Å². The van der Waals surface area contributed by atoms with Gasteiger partial charge in [0.1, 0.15) is 24.2 Å². The highest BCUT2D eigenvalue weighted by Gasteiger charge is 2.14. The Hall–Kier alpha value is -4.28. The second-order valence-corrected chi connectivity index (χ2v) is 7.29. The molecule has 0 saturated carbocycles. The minimum absolute atomic E-state index is 0.308. The first-order valence-corrected chi connectivity index (χ1v) is 11.8. The summed E-state index contributed by atoms with van der Waals surface area (Å²) in [5.74, 6) is 1.09. The number of ether oxygens (including phenoxy) is 2. The molecule has 0 aliphatic rings. The van der Waals surface area contributed by atoms with E-state index in [2.05, 4.69) is 34.5 Å². The van der Waals surface area contributed by atoms with Crippen molar-refractivity contribution >= 4 is 39.6 Å². The molecule has 2 aromatic heterocycles. The Morgan fingerprint density at radius 3 is 2.47 bits per heavy atom. The van der Waals surface area contributed by atoms with E-state index in [9.17, 15) is 5.26 Å². The van der Waals surface area contributed by atoms with Gasteiger partial charge in [-0.2, -0.15) is 5.26 Å². The topological polar surface area (TPSA) is 106 Å². The lowest BCUT2D eigenvalue weighted by Gasteiger charge is -2.15. The van der Waals surface area contributed by atoms with Crippen molar-refractivity contribution in [2.75, 3.05) is 17.7 Å². The fourth-order valence-corrected chi connectivity index (χ4v) is 3.45. The Kier molecular flexibility index (Phi) is 11.0. The van der Waals surface area contributed by atoms with Crippen LogP contribution in [0.25, 0.3) is 10.9 Å². The van der Waals surface area contributed by atoms with Crippen LogP contribution in [0.1, 0.15) is 32.0 Å². The minimum atomic E-state index is 0.308. The molecule has 0 radical (unpaired) electrons. The number of pyridine rings is 2. The Morgan fingerprint density at radius 2 is 1.83 bits per heavy atom. The summed E-state index contributed by atoms with van der Waals surface area (Å²) in [6.45, 7) is 12.7. The molecule has 36 heavy (non-hydrogen) atoms.